The van der Waals surface area contributed by atoms with Crippen LogP contribution in [-0.4, -0.2) is 42.2 Å². The number of aromatic nitrogens is 2. The molecule has 0 radical (unpaired) electrons. The molecule has 120 valence electrons. The van der Waals surface area contributed by atoms with Crippen LogP contribution in [0.2, 0.25) is 0 Å². The fraction of sp³-hybridized carbons (Fsp3) is 0.769. The van der Waals surface area contributed by atoms with E-state index < -0.39 is 10.0 Å². The minimum absolute atomic E-state index is 0.0384. The second-order valence-electron chi connectivity index (χ2n) is 5.67. The second-order valence-corrected chi connectivity index (χ2v) is 8.54. The molecule has 6 nitrogen and oxygen atoms in total. The van der Waals surface area contributed by atoms with Gasteiger partial charge in [0.2, 0.25) is 10.0 Å². The normalized spacial score (nSPS) is 17.5. The van der Waals surface area contributed by atoms with Gasteiger partial charge in [-0.25, -0.2) is 13.1 Å². The predicted octanol–water partition coefficient (Wildman–Crippen LogP) is 1.39. The Morgan fingerprint density at radius 2 is 2.05 bits per heavy atom. The van der Waals surface area contributed by atoms with Crippen LogP contribution in [-0.2, 0) is 16.6 Å². The zero-order valence-corrected chi connectivity index (χ0v) is 14.4. The summed E-state index contributed by atoms with van der Waals surface area (Å²) in [5.74, 6) is 2.03. The van der Waals surface area contributed by atoms with E-state index >= 15 is 0 Å². The average molecular weight is 332 g/mol. The van der Waals surface area contributed by atoms with Crippen LogP contribution in [0.15, 0.2) is 4.90 Å². The van der Waals surface area contributed by atoms with E-state index in [0.717, 1.165) is 24.3 Å². The highest BCUT2D eigenvalue weighted by Crippen LogP contribution is 2.22. The number of aryl methyl sites for hydroxylation is 1. The largest absolute Gasteiger partial charge is 0.309 e. The minimum atomic E-state index is -3.52. The summed E-state index contributed by atoms with van der Waals surface area (Å²) in [6.07, 6.45) is 1.78. The van der Waals surface area contributed by atoms with Crippen molar-refractivity contribution >= 4 is 21.8 Å². The number of nitrogens with zero attached hydrogens (tertiary/aromatic N) is 1. The lowest BCUT2D eigenvalue weighted by molar-refractivity contribution is 0.525. The quantitative estimate of drug-likeness (QED) is 0.733. The maximum absolute atomic E-state index is 12.6. The Morgan fingerprint density at radius 1 is 1.38 bits per heavy atom. The summed E-state index contributed by atoms with van der Waals surface area (Å²) in [6, 6.07) is 0.317. The monoisotopic (exact) mass is 332 g/mol. The molecule has 0 saturated carbocycles. The van der Waals surface area contributed by atoms with E-state index in [1.165, 1.54) is 0 Å². The van der Waals surface area contributed by atoms with Crippen molar-refractivity contribution in [3.05, 3.63) is 11.4 Å². The summed E-state index contributed by atoms with van der Waals surface area (Å²) in [5.41, 5.74) is 1.15. The summed E-state index contributed by atoms with van der Waals surface area (Å²) < 4.78 is 28.1. The first-order valence-corrected chi connectivity index (χ1v) is 9.91. The van der Waals surface area contributed by atoms with Crippen LogP contribution < -0.4 is 10.0 Å². The Bertz CT molecular complexity index is 563. The summed E-state index contributed by atoms with van der Waals surface area (Å²) in [7, 11) is -3.52. The molecule has 0 unspecified atom stereocenters. The molecule has 1 aliphatic heterocycles. The van der Waals surface area contributed by atoms with Gasteiger partial charge >= 0.3 is 0 Å². The Morgan fingerprint density at radius 3 is 2.67 bits per heavy atom. The number of nitrogens with one attached hydrogen (secondary N) is 3. The van der Waals surface area contributed by atoms with E-state index in [-0.39, 0.29) is 12.1 Å². The van der Waals surface area contributed by atoms with Crippen LogP contribution in [0.5, 0.6) is 0 Å². The van der Waals surface area contributed by atoms with Crippen molar-refractivity contribution in [2.45, 2.75) is 57.1 Å². The molecule has 2 heterocycles. The molecule has 0 bridgehead atoms. The lowest BCUT2D eigenvalue weighted by Gasteiger charge is -2.22. The fourth-order valence-corrected chi connectivity index (χ4v) is 5.12. The van der Waals surface area contributed by atoms with Crippen molar-refractivity contribution in [3.63, 3.8) is 0 Å². The molecular weight excluding hydrogens is 308 g/mol. The molecular formula is C13H24N4O2S2. The van der Waals surface area contributed by atoms with Crippen molar-refractivity contribution in [1.29, 1.82) is 0 Å². The van der Waals surface area contributed by atoms with E-state index in [1.807, 2.05) is 25.6 Å². The van der Waals surface area contributed by atoms with Gasteiger partial charge in [0.25, 0.3) is 0 Å². The van der Waals surface area contributed by atoms with Crippen molar-refractivity contribution in [1.82, 2.24) is 20.2 Å². The van der Waals surface area contributed by atoms with Crippen LogP contribution in [0.25, 0.3) is 0 Å². The van der Waals surface area contributed by atoms with Gasteiger partial charge in [0.1, 0.15) is 4.90 Å². The molecule has 0 atom stereocenters. The van der Waals surface area contributed by atoms with Gasteiger partial charge in [-0.05, 0) is 31.3 Å². The lowest BCUT2D eigenvalue weighted by Crippen LogP contribution is -2.38. The van der Waals surface area contributed by atoms with Gasteiger partial charge < -0.3 is 5.32 Å². The van der Waals surface area contributed by atoms with E-state index in [2.05, 4.69) is 20.2 Å². The van der Waals surface area contributed by atoms with Gasteiger partial charge in [-0.15, -0.1) is 0 Å². The van der Waals surface area contributed by atoms with E-state index in [1.54, 1.807) is 6.92 Å². The van der Waals surface area contributed by atoms with Gasteiger partial charge in [-0.1, -0.05) is 13.8 Å². The molecule has 1 fully saturated rings. The lowest BCUT2D eigenvalue weighted by atomic mass is 10.2. The van der Waals surface area contributed by atoms with Gasteiger partial charge in [-0.2, -0.15) is 16.9 Å². The van der Waals surface area contributed by atoms with Crippen LogP contribution in [0.4, 0.5) is 0 Å². The number of aromatic amines is 1. The third kappa shape index (κ3) is 4.45. The molecule has 0 amide bonds. The Kier molecular flexibility index (Phi) is 5.70. The number of H-pyrrole nitrogens is 1. The molecule has 1 aliphatic rings. The van der Waals surface area contributed by atoms with E-state index in [0.29, 0.717) is 22.8 Å². The van der Waals surface area contributed by atoms with Crippen molar-refractivity contribution in [2.24, 2.45) is 0 Å². The SMILES string of the molecule is Cc1[nH]nc(CNC(C)C)c1S(=O)(=O)NC1CCSCC1. The molecule has 1 saturated heterocycles. The third-order valence-electron chi connectivity index (χ3n) is 3.45. The van der Waals surface area contributed by atoms with Crippen LogP contribution in [0, 0.1) is 6.92 Å². The molecule has 2 rings (SSSR count). The van der Waals surface area contributed by atoms with E-state index in [4.69, 9.17) is 0 Å². The molecule has 1 aromatic rings. The van der Waals surface area contributed by atoms with Gasteiger partial charge in [0.15, 0.2) is 0 Å². The van der Waals surface area contributed by atoms with Gasteiger partial charge in [0.05, 0.1) is 11.4 Å². The molecule has 21 heavy (non-hydrogen) atoms. The second kappa shape index (κ2) is 7.13. The first-order valence-electron chi connectivity index (χ1n) is 7.27. The summed E-state index contributed by atoms with van der Waals surface area (Å²) in [6.45, 7) is 6.23. The zero-order valence-electron chi connectivity index (χ0n) is 12.8. The first kappa shape index (κ1) is 16.8. The molecule has 0 spiro atoms. The molecule has 0 aromatic carbocycles. The first-order chi connectivity index (χ1) is 9.90. The van der Waals surface area contributed by atoms with Crippen molar-refractivity contribution in [3.8, 4) is 0 Å². The fourth-order valence-electron chi connectivity index (χ4n) is 2.34. The van der Waals surface area contributed by atoms with Crippen LogP contribution in [0.3, 0.4) is 0 Å². The number of sulfonamides is 1. The van der Waals surface area contributed by atoms with Crippen LogP contribution in [0.1, 0.15) is 38.1 Å². The standard InChI is InChI=1S/C13H24N4O2S2/c1-9(2)14-8-12-13(10(3)15-16-12)21(18,19)17-11-4-6-20-7-5-11/h9,11,14,17H,4-8H2,1-3H3,(H,15,16). The smallest absolute Gasteiger partial charge is 0.244 e. The number of hydrogen-bond acceptors (Lipinski definition) is 5. The topological polar surface area (TPSA) is 86.9 Å². The van der Waals surface area contributed by atoms with Gasteiger partial charge in [-0.3, -0.25) is 5.10 Å². The zero-order chi connectivity index (χ0) is 15.5. The maximum atomic E-state index is 12.6. The number of hydrogen-bond donors (Lipinski definition) is 3. The number of rotatable bonds is 6. The highest BCUT2D eigenvalue weighted by molar-refractivity contribution is 7.99. The predicted molar refractivity (Wildman–Crippen MR) is 86.0 cm³/mol. The highest BCUT2D eigenvalue weighted by Gasteiger charge is 2.27. The van der Waals surface area contributed by atoms with E-state index in [9.17, 15) is 8.42 Å². The number of thioether (sulfide) groups is 1. The van der Waals surface area contributed by atoms with Crippen LogP contribution >= 0.6 is 11.8 Å². The molecule has 0 aliphatic carbocycles. The van der Waals surface area contributed by atoms with Gasteiger partial charge in [0, 0.05) is 18.6 Å². The maximum Gasteiger partial charge on any atom is 0.244 e. The molecule has 8 heteroatoms. The summed E-state index contributed by atoms with van der Waals surface area (Å²) in [4.78, 5) is 0.300. The molecule has 1 aromatic heterocycles. The highest BCUT2D eigenvalue weighted by atomic mass is 32.2. The van der Waals surface area contributed by atoms with Crippen molar-refractivity contribution < 1.29 is 8.42 Å². The third-order valence-corrected chi connectivity index (χ3v) is 6.22. The average Bonchev–Trinajstić information content (AvgIpc) is 2.79. The molecule has 3 N–H and O–H groups in total. The minimum Gasteiger partial charge on any atom is -0.309 e. The Labute approximate surface area is 130 Å². The summed E-state index contributed by atoms with van der Waals surface area (Å²) >= 11 is 1.88. The summed E-state index contributed by atoms with van der Waals surface area (Å²) in [5, 5.41) is 10.1. The Balaban J connectivity index is 2.16. The Hall–Kier alpha value is -0.570. The van der Waals surface area contributed by atoms with Crippen molar-refractivity contribution in [2.75, 3.05) is 11.5 Å².